The minimum atomic E-state index is -0.686. The topological polar surface area (TPSA) is 46.5 Å². The van der Waals surface area contributed by atoms with Crippen LogP contribution in [0.3, 0.4) is 0 Å². The van der Waals surface area contributed by atoms with Gasteiger partial charge in [0.25, 0.3) is 0 Å². The van der Waals surface area contributed by atoms with Gasteiger partial charge in [0.15, 0.2) is 0 Å². The average molecular weight is 506 g/mol. The van der Waals surface area contributed by atoms with Crippen molar-refractivity contribution in [3.63, 3.8) is 0 Å². The quantitative estimate of drug-likeness (QED) is 0.331. The number of carbonyl (C=O) groups excluding carboxylic acids is 1. The Morgan fingerprint density at radius 2 is 1.92 bits per heavy atom. The Morgan fingerprint density at radius 3 is 2.78 bits per heavy atom. The standard InChI is InChI=1S/C28H25F2N3O2S/c1-35-19-7-4-6-17(14-19)26-24-9-5-13-32(24)27-21(20-8-2-3-10-25(20)36-27)16-33(26)28(34)31-23-15-18(29)11-12-22(23)30/h4-7,9,11-15,26H,2-3,8,10,16H2,1H3,(H,31,34)/t26-/m1/s1. The van der Waals surface area contributed by atoms with Gasteiger partial charge in [-0.15, -0.1) is 11.3 Å². The van der Waals surface area contributed by atoms with Gasteiger partial charge in [-0.1, -0.05) is 12.1 Å². The maximum Gasteiger partial charge on any atom is 0.323 e. The fourth-order valence-corrected chi connectivity index (χ4v) is 6.73. The van der Waals surface area contributed by atoms with Gasteiger partial charge in [-0.3, -0.25) is 0 Å². The van der Waals surface area contributed by atoms with Gasteiger partial charge in [-0.2, -0.15) is 0 Å². The molecule has 0 unspecified atom stereocenters. The number of methoxy groups -OCH3 is 1. The number of hydrogen-bond donors (Lipinski definition) is 1. The molecule has 1 N–H and O–H groups in total. The molecule has 184 valence electrons. The van der Waals surface area contributed by atoms with Crippen molar-refractivity contribution in [3.05, 3.63) is 99.7 Å². The monoisotopic (exact) mass is 505 g/mol. The van der Waals surface area contributed by atoms with Gasteiger partial charge < -0.3 is 19.5 Å². The number of fused-ring (bicyclic) bond motifs is 5. The highest BCUT2D eigenvalue weighted by Crippen LogP contribution is 2.44. The maximum absolute atomic E-state index is 14.5. The number of carbonyl (C=O) groups is 1. The maximum atomic E-state index is 14.5. The number of rotatable bonds is 3. The van der Waals surface area contributed by atoms with Crippen LogP contribution in [0.2, 0.25) is 0 Å². The van der Waals surface area contributed by atoms with E-state index in [0.29, 0.717) is 12.3 Å². The minimum absolute atomic E-state index is 0.184. The van der Waals surface area contributed by atoms with Crippen LogP contribution in [0, 0.1) is 11.6 Å². The molecule has 1 aliphatic carbocycles. The fourth-order valence-electron chi connectivity index (χ4n) is 5.33. The lowest BCUT2D eigenvalue weighted by Crippen LogP contribution is -2.38. The number of aryl methyl sites for hydroxylation is 1. The van der Waals surface area contributed by atoms with E-state index < -0.39 is 23.7 Å². The van der Waals surface area contributed by atoms with Crippen molar-refractivity contribution >= 4 is 23.1 Å². The fraction of sp³-hybridized carbons (Fsp3) is 0.250. The lowest BCUT2D eigenvalue weighted by molar-refractivity contribution is 0.194. The first-order valence-corrected chi connectivity index (χ1v) is 12.8. The highest BCUT2D eigenvalue weighted by molar-refractivity contribution is 7.15. The van der Waals surface area contributed by atoms with E-state index >= 15 is 0 Å². The minimum Gasteiger partial charge on any atom is -0.497 e. The van der Waals surface area contributed by atoms with Crippen LogP contribution in [-0.2, 0) is 19.4 Å². The number of hydrogen-bond acceptors (Lipinski definition) is 3. The predicted octanol–water partition coefficient (Wildman–Crippen LogP) is 6.84. The van der Waals surface area contributed by atoms with E-state index in [9.17, 15) is 13.6 Å². The smallest absolute Gasteiger partial charge is 0.323 e. The van der Waals surface area contributed by atoms with Gasteiger partial charge in [0.1, 0.15) is 22.4 Å². The van der Waals surface area contributed by atoms with Gasteiger partial charge in [-0.25, -0.2) is 13.6 Å². The van der Waals surface area contributed by atoms with Gasteiger partial charge in [0.05, 0.1) is 31.1 Å². The number of nitrogens with zero attached hydrogens (tertiary/aromatic N) is 2. The molecule has 0 saturated heterocycles. The molecule has 1 atom stereocenters. The summed E-state index contributed by atoms with van der Waals surface area (Å²) in [6.07, 6.45) is 6.35. The lowest BCUT2D eigenvalue weighted by Gasteiger charge is -2.31. The van der Waals surface area contributed by atoms with Crippen molar-refractivity contribution in [1.82, 2.24) is 9.47 Å². The number of nitrogens with one attached hydrogen (secondary N) is 1. The number of amides is 2. The Kier molecular flexibility index (Phi) is 5.76. The molecule has 2 aliphatic rings. The molecule has 2 amide bonds. The van der Waals surface area contributed by atoms with Crippen LogP contribution in [0.1, 0.15) is 46.1 Å². The van der Waals surface area contributed by atoms with Crippen molar-refractivity contribution < 1.29 is 18.3 Å². The third-order valence-electron chi connectivity index (χ3n) is 7.02. The molecular formula is C28H25F2N3O2S. The van der Waals surface area contributed by atoms with Crippen molar-refractivity contribution in [1.29, 1.82) is 0 Å². The Bertz CT molecular complexity index is 1460. The van der Waals surface area contributed by atoms with Crippen molar-refractivity contribution in [2.24, 2.45) is 0 Å². The second-order valence-electron chi connectivity index (χ2n) is 9.16. The van der Waals surface area contributed by atoms with Gasteiger partial charge in [0.2, 0.25) is 0 Å². The molecule has 8 heteroatoms. The van der Waals surface area contributed by atoms with Crippen LogP contribution in [0.25, 0.3) is 5.00 Å². The summed E-state index contributed by atoms with van der Waals surface area (Å²) < 4.78 is 36.0. The Labute approximate surface area is 211 Å². The SMILES string of the molecule is COc1cccc([C@@H]2c3cccn3-c3sc4c(c3CN2C(=O)Nc2cc(F)ccc2F)CCCC4)c1. The van der Waals surface area contributed by atoms with Crippen LogP contribution >= 0.6 is 11.3 Å². The normalized spacial score (nSPS) is 16.5. The highest BCUT2D eigenvalue weighted by Gasteiger charge is 2.36. The van der Waals surface area contributed by atoms with Crippen LogP contribution in [0.5, 0.6) is 5.75 Å². The molecule has 2 aromatic heterocycles. The molecule has 1 aliphatic heterocycles. The van der Waals surface area contributed by atoms with Crippen LogP contribution in [-0.4, -0.2) is 22.6 Å². The second kappa shape index (κ2) is 9.09. The van der Waals surface area contributed by atoms with Crippen molar-refractivity contribution in [3.8, 4) is 10.8 Å². The van der Waals surface area contributed by atoms with E-state index in [4.69, 9.17) is 4.74 Å². The van der Waals surface area contributed by atoms with E-state index in [2.05, 4.69) is 9.88 Å². The summed E-state index contributed by atoms with van der Waals surface area (Å²) in [6, 6.07) is 13.7. The number of anilines is 1. The molecule has 6 rings (SSSR count). The lowest BCUT2D eigenvalue weighted by atomic mass is 9.95. The first kappa shape index (κ1) is 22.8. The average Bonchev–Trinajstić information content (AvgIpc) is 3.48. The third kappa shape index (κ3) is 3.86. The van der Waals surface area contributed by atoms with E-state index in [0.717, 1.165) is 59.3 Å². The molecule has 4 aromatic rings. The van der Waals surface area contributed by atoms with E-state index in [1.807, 2.05) is 42.6 Å². The Hall–Kier alpha value is -3.65. The molecule has 0 radical (unpaired) electrons. The second-order valence-corrected chi connectivity index (χ2v) is 10.2. The number of halogens is 2. The summed E-state index contributed by atoms with van der Waals surface area (Å²) in [6.45, 7) is 0.355. The van der Waals surface area contributed by atoms with E-state index in [1.165, 1.54) is 16.9 Å². The van der Waals surface area contributed by atoms with E-state index in [1.54, 1.807) is 23.3 Å². The number of urea groups is 1. The predicted molar refractivity (Wildman–Crippen MR) is 136 cm³/mol. The summed E-state index contributed by atoms with van der Waals surface area (Å²) in [5.74, 6) is -0.622. The molecule has 2 aromatic carbocycles. The number of ether oxygens (including phenoxy) is 1. The summed E-state index contributed by atoms with van der Waals surface area (Å²) in [5, 5.41) is 3.76. The number of benzene rings is 2. The summed E-state index contributed by atoms with van der Waals surface area (Å²) in [7, 11) is 1.61. The van der Waals surface area contributed by atoms with Gasteiger partial charge >= 0.3 is 6.03 Å². The molecule has 0 fully saturated rings. The third-order valence-corrected chi connectivity index (χ3v) is 8.35. The van der Waals surface area contributed by atoms with Gasteiger partial charge in [-0.05, 0) is 73.2 Å². The Morgan fingerprint density at radius 1 is 1.06 bits per heavy atom. The summed E-state index contributed by atoms with van der Waals surface area (Å²) in [4.78, 5) is 16.9. The first-order valence-electron chi connectivity index (χ1n) is 12.0. The molecular weight excluding hydrogens is 480 g/mol. The molecule has 0 bridgehead atoms. The zero-order valence-electron chi connectivity index (χ0n) is 19.8. The first-order chi connectivity index (χ1) is 17.5. The summed E-state index contributed by atoms with van der Waals surface area (Å²) >= 11 is 1.80. The molecule has 3 heterocycles. The van der Waals surface area contributed by atoms with Crippen LogP contribution in [0.4, 0.5) is 19.3 Å². The molecule has 5 nitrogen and oxygen atoms in total. The number of aromatic nitrogens is 1. The molecule has 0 spiro atoms. The number of thiophene rings is 1. The van der Waals surface area contributed by atoms with Crippen LogP contribution in [0.15, 0.2) is 60.8 Å². The van der Waals surface area contributed by atoms with Crippen molar-refractivity contribution in [2.75, 3.05) is 12.4 Å². The Balaban J connectivity index is 1.51. The zero-order valence-corrected chi connectivity index (χ0v) is 20.6. The summed E-state index contributed by atoms with van der Waals surface area (Å²) in [5.41, 5.74) is 4.06. The van der Waals surface area contributed by atoms with Crippen molar-refractivity contribution in [2.45, 2.75) is 38.3 Å². The largest absolute Gasteiger partial charge is 0.497 e. The van der Waals surface area contributed by atoms with E-state index in [-0.39, 0.29) is 5.69 Å². The zero-order chi connectivity index (χ0) is 24.8. The molecule has 36 heavy (non-hydrogen) atoms. The molecule has 0 saturated carbocycles. The highest BCUT2D eigenvalue weighted by atomic mass is 32.1. The van der Waals surface area contributed by atoms with Gasteiger partial charge in [0, 0.05) is 22.7 Å². The van der Waals surface area contributed by atoms with Crippen LogP contribution < -0.4 is 10.1 Å².